The van der Waals surface area contributed by atoms with Crippen LogP contribution in [0.2, 0.25) is 0 Å². The highest BCUT2D eigenvalue weighted by Crippen LogP contribution is 2.29. The van der Waals surface area contributed by atoms with Gasteiger partial charge in [0.1, 0.15) is 23.5 Å². The van der Waals surface area contributed by atoms with Gasteiger partial charge < -0.3 is 10.0 Å². The first-order valence-corrected chi connectivity index (χ1v) is 11.9. The molecule has 4 aromatic rings. The fraction of sp³-hybridized carbons (Fsp3) is 0.292. The lowest BCUT2D eigenvalue weighted by molar-refractivity contribution is -0.123. The van der Waals surface area contributed by atoms with Crippen molar-refractivity contribution in [3.63, 3.8) is 0 Å². The van der Waals surface area contributed by atoms with E-state index in [1.54, 1.807) is 19.2 Å². The van der Waals surface area contributed by atoms with Crippen molar-refractivity contribution >= 4 is 40.1 Å². The van der Waals surface area contributed by atoms with Gasteiger partial charge in [-0.1, -0.05) is 6.07 Å². The van der Waals surface area contributed by atoms with Gasteiger partial charge in [-0.05, 0) is 43.0 Å². The molecule has 0 aliphatic carbocycles. The van der Waals surface area contributed by atoms with Crippen LogP contribution in [-0.4, -0.2) is 53.8 Å². The average molecular weight is 491 g/mol. The maximum absolute atomic E-state index is 12.9. The molecule has 1 aliphatic heterocycles. The second-order valence-corrected chi connectivity index (χ2v) is 9.31. The Morgan fingerprint density at radius 2 is 2.11 bits per heavy atom. The Morgan fingerprint density at radius 3 is 2.80 bits per heavy atom. The molecule has 5 rings (SSSR count). The molecule has 4 aromatic heterocycles. The predicted molar refractivity (Wildman–Crippen MR) is 130 cm³/mol. The minimum Gasteiger partial charge on any atom is -0.477 e. The molecule has 10 nitrogen and oxygen atoms in total. The van der Waals surface area contributed by atoms with Gasteiger partial charge in [-0.3, -0.25) is 19.1 Å². The summed E-state index contributed by atoms with van der Waals surface area (Å²) in [5, 5.41) is 10.2. The van der Waals surface area contributed by atoms with Gasteiger partial charge in [0, 0.05) is 49.6 Å². The van der Waals surface area contributed by atoms with E-state index in [-0.39, 0.29) is 22.7 Å². The number of nitrogens with zero attached hydrogens (tertiary/aromatic N) is 6. The van der Waals surface area contributed by atoms with Crippen LogP contribution in [0.1, 0.15) is 34.3 Å². The highest BCUT2D eigenvalue weighted by atomic mass is 32.1. The number of anilines is 1. The first-order valence-electron chi connectivity index (χ1n) is 11.2. The summed E-state index contributed by atoms with van der Waals surface area (Å²) in [7, 11) is 0. The molecule has 35 heavy (non-hydrogen) atoms. The second-order valence-electron chi connectivity index (χ2n) is 8.55. The van der Waals surface area contributed by atoms with Crippen molar-refractivity contribution in [3.8, 4) is 5.13 Å². The largest absolute Gasteiger partial charge is 0.477 e. The molecular formula is C24H22N6O4S. The number of aromatic carboxylic acids is 1. The van der Waals surface area contributed by atoms with Crippen LogP contribution in [0.4, 0.5) is 5.82 Å². The third-order valence-corrected chi connectivity index (χ3v) is 6.87. The molecule has 0 aromatic carbocycles. The fourth-order valence-corrected chi connectivity index (χ4v) is 4.81. The summed E-state index contributed by atoms with van der Waals surface area (Å²) in [5.41, 5.74) is 1.11. The Balaban J connectivity index is 1.36. The molecule has 178 valence electrons. The molecule has 0 saturated carbocycles. The van der Waals surface area contributed by atoms with Crippen LogP contribution in [0.3, 0.4) is 0 Å². The molecule has 0 spiro atoms. The van der Waals surface area contributed by atoms with Crippen LogP contribution >= 0.6 is 11.5 Å². The van der Waals surface area contributed by atoms with Crippen molar-refractivity contribution in [2.24, 2.45) is 5.92 Å². The van der Waals surface area contributed by atoms with Crippen LogP contribution in [0.15, 0.2) is 47.9 Å². The molecule has 0 radical (unpaired) electrons. The molecule has 0 bridgehead atoms. The summed E-state index contributed by atoms with van der Waals surface area (Å²) in [6, 6.07) is 5.67. The number of rotatable bonds is 8. The van der Waals surface area contributed by atoms with E-state index < -0.39 is 11.4 Å². The van der Waals surface area contributed by atoms with E-state index in [4.69, 9.17) is 0 Å². The monoisotopic (exact) mass is 490 g/mol. The SMILES string of the molecule is Cc1cc(N2CC(C(=O)CCCc3cccnc3)C2)nc2c1c(=O)c(C(=O)O)cn2-c1ncns1. The Labute approximate surface area is 204 Å². The van der Waals surface area contributed by atoms with Gasteiger partial charge in [0.05, 0.1) is 11.3 Å². The van der Waals surface area contributed by atoms with Crippen LogP contribution in [-0.2, 0) is 11.2 Å². The van der Waals surface area contributed by atoms with Crippen LogP contribution in [0.5, 0.6) is 0 Å². The summed E-state index contributed by atoms with van der Waals surface area (Å²) >= 11 is 1.07. The first kappa shape index (κ1) is 22.8. The fourth-order valence-electron chi connectivity index (χ4n) is 4.30. The number of pyridine rings is 3. The maximum atomic E-state index is 12.9. The van der Waals surface area contributed by atoms with E-state index >= 15 is 0 Å². The number of hydrogen-bond donors (Lipinski definition) is 1. The van der Waals surface area contributed by atoms with E-state index in [1.165, 1.54) is 17.1 Å². The molecular weight excluding hydrogens is 468 g/mol. The van der Waals surface area contributed by atoms with Crippen LogP contribution in [0.25, 0.3) is 16.2 Å². The average Bonchev–Trinajstić information content (AvgIpc) is 3.33. The number of Topliss-reactive ketones (excluding diaryl/α,β-unsaturated/α-hetero) is 1. The number of ketones is 1. The van der Waals surface area contributed by atoms with Crippen LogP contribution in [0, 0.1) is 12.8 Å². The van der Waals surface area contributed by atoms with Gasteiger partial charge in [0.25, 0.3) is 0 Å². The molecule has 11 heteroatoms. The number of aromatic nitrogens is 5. The van der Waals surface area contributed by atoms with Crippen molar-refractivity contribution in [2.75, 3.05) is 18.0 Å². The highest BCUT2D eigenvalue weighted by Gasteiger charge is 2.33. The lowest BCUT2D eigenvalue weighted by Crippen LogP contribution is -2.51. The Kier molecular flexibility index (Phi) is 6.08. The van der Waals surface area contributed by atoms with Crippen molar-refractivity contribution in [3.05, 3.63) is 70.0 Å². The maximum Gasteiger partial charge on any atom is 0.341 e. The summed E-state index contributed by atoms with van der Waals surface area (Å²) in [5.74, 6) is -0.498. The van der Waals surface area contributed by atoms with Crippen LogP contribution < -0.4 is 10.3 Å². The zero-order chi connectivity index (χ0) is 24.5. The van der Waals surface area contributed by atoms with E-state index in [2.05, 4.69) is 19.3 Å². The number of carboxylic acids is 1. The lowest BCUT2D eigenvalue weighted by atomic mass is 9.91. The van der Waals surface area contributed by atoms with Gasteiger partial charge in [-0.15, -0.1) is 0 Å². The molecule has 0 unspecified atom stereocenters. The lowest BCUT2D eigenvalue weighted by Gasteiger charge is -2.39. The number of carbonyl (C=O) groups excluding carboxylic acids is 1. The van der Waals surface area contributed by atoms with E-state index in [0.29, 0.717) is 41.7 Å². The molecule has 1 aliphatic rings. The summed E-state index contributed by atoms with van der Waals surface area (Å²) < 4.78 is 5.48. The predicted octanol–water partition coefficient (Wildman–Crippen LogP) is 2.67. The van der Waals surface area contributed by atoms with Crippen molar-refractivity contribution < 1.29 is 14.7 Å². The summed E-state index contributed by atoms with van der Waals surface area (Å²) in [6.07, 6.45) is 8.29. The number of fused-ring (bicyclic) bond motifs is 1. The van der Waals surface area contributed by atoms with Gasteiger partial charge >= 0.3 is 5.97 Å². The minimum absolute atomic E-state index is 0.0542. The van der Waals surface area contributed by atoms with Gasteiger partial charge in [0.2, 0.25) is 10.6 Å². The van der Waals surface area contributed by atoms with E-state index in [0.717, 1.165) is 29.9 Å². The number of carboxylic acid groups (broad SMARTS) is 1. The smallest absolute Gasteiger partial charge is 0.341 e. The molecule has 0 amide bonds. The molecule has 1 fully saturated rings. The normalized spacial score (nSPS) is 13.7. The number of carbonyl (C=O) groups is 2. The standard InChI is InChI=1S/C24H22N6O4S/c1-14-8-19(29-10-16(11-29)18(31)6-2-4-15-5-3-7-25-9-15)28-22-20(14)21(32)17(23(33)34)12-30(22)24-26-13-27-35-24/h3,5,7-9,12-13,16H,2,4,6,10-11H2,1H3,(H,33,34). The van der Waals surface area contributed by atoms with Gasteiger partial charge in [0.15, 0.2) is 5.65 Å². The summed E-state index contributed by atoms with van der Waals surface area (Å²) in [6.45, 7) is 2.87. The van der Waals surface area contributed by atoms with Crippen molar-refractivity contribution in [1.29, 1.82) is 0 Å². The quantitative estimate of drug-likeness (QED) is 0.396. The van der Waals surface area contributed by atoms with Gasteiger partial charge in [-0.25, -0.2) is 14.8 Å². The number of hydrogen-bond acceptors (Lipinski definition) is 9. The molecule has 5 heterocycles. The highest BCUT2D eigenvalue weighted by molar-refractivity contribution is 7.08. The zero-order valence-corrected chi connectivity index (χ0v) is 19.7. The first-order chi connectivity index (χ1) is 16.9. The Bertz CT molecular complexity index is 1460. The molecule has 1 saturated heterocycles. The van der Waals surface area contributed by atoms with Crippen molar-refractivity contribution in [1.82, 2.24) is 23.9 Å². The van der Waals surface area contributed by atoms with E-state index in [9.17, 15) is 19.5 Å². The zero-order valence-electron chi connectivity index (χ0n) is 18.9. The molecule has 1 N–H and O–H groups in total. The number of aryl methyl sites for hydroxylation is 2. The third-order valence-electron chi connectivity index (χ3n) is 6.20. The topological polar surface area (TPSA) is 131 Å². The second kappa shape index (κ2) is 9.34. The summed E-state index contributed by atoms with van der Waals surface area (Å²) in [4.78, 5) is 52.2. The van der Waals surface area contributed by atoms with E-state index in [1.807, 2.05) is 23.2 Å². The third kappa shape index (κ3) is 4.42. The minimum atomic E-state index is -1.31. The van der Waals surface area contributed by atoms with Gasteiger partial charge in [-0.2, -0.15) is 4.37 Å². The van der Waals surface area contributed by atoms with Crippen molar-refractivity contribution in [2.45, 2.75) is 26.2 Å². The molecule has 0 atom stereocenters. The Morgan fingerprint density at radius 1 is 1.29 bits per heavy atom. The Hall–Kier alpha value is -3.99.